The van der Waals surface area contributed by atoms with Crippen molar-refractivity contribution in [2.75, 3.05) is 6.54 Å². The summed E-state index contributed by atoms with van der Waals surface area (Å²) in [6.07, 6.45) is 1.36. The zero-order valence-corrected chi connectivity index (χ0v) is 14.7. The van der Waals surface area contributed by atoms with Gasteiger partial charge in [-0.05, 0) is 63.3 Å². The van der Waals surface area contributed by atoms with Crippen LogP contribution >= 0.6 is 0 Å². The Balaban J connectivity index is 3.16. The third-order valence-electron chi connectivity index (χ3n) is 4.00. The molecule has 0 aliphatic rings. The maximum atomic E-state index is 12.6. The van der Waals surface area contributed by atoms with Crippen LogP contribution in [-0.4, -0.2) is 25.7 Å². The van der Waals surface area contributed by atoms with Crippen molar-refractivity contribution in [1.29, 1.82) is 0 Å². The molecule has 1 unspecified atom stereocenters. The predicted octanol–water partition coefficient (Wildman–Crippen LogP) is 2.75. The van der Waals surface area contributed by atoms with E-state index >= 15 is 0 Å². The van der Waals surface area contributed by atoms with Crippen molar-refractivity contribution in [3.8, 4) is 0 Å². The normalized spacial score (nSPS) is 15.0. The van der Waals surface area contributed by atoms with Gasteiger partial charge in [-0.2, -0.15) is 0 Å². The number of sulfonamides is 1. The molecule has 0 bridgehead atoms. The molecule has 0 heterocycles. The molecule has 0 spiro atoms. The lowest BCUT2D eigenvalue weighted by Crippen LogP contribution is -2.40. The lowest BCUT2D eigenvalue weighted by atomic mass is 10.0. The maximum Gasteiger partial charge on any atom is 0.241 e. The minimum absolute atomic E-state index is 0.0229. The van der Waals surface area contributed by atoms with Crippen LogP contribution in [0.15, 0.2) is 11.0 Å². The first-order valence-corrected chi connectivity index (χ1v) is 8.79. The molecule has 1 aromatic carbocycles. The van der Waals surface area contributed by atoms with Gasteiger partial charge < -0.3 is 5.11 Å². The molecule has 0 saturated heterocycles. The monoisotopic (exact) mass is 313 g/mol. The van der Waals surface area contributed by atoms with Crippen molar-refractivity contribution in [2.24, 2.45) is 0 Å². The van der Waals surface area contributed by atoms with Gasteiger partial charge in [-0.3, -0.25) is 0 Å². The number of aliphatic hydroxyl groups is 1. The molecular formula is C16H27NO3S. The first kappa shape index (κ1) is 18.1. The fourth-order valence-electron chi connectivity index (χ4n) is 2.53. The van der Waals surface area contributed by atoms with Crippen LogP contribution in [0.1, 0.15) is 48.9 Å². The Morgan fingerprint density at radius 2 is 1.62 bits per heavy atom. The summed E-state index contributed by atoms with van der Waals surface area (Å²) in [6, 6.07) is 2.00. The van der Waals surface area contributed by atoms with Crippen molar-refractivity contribution in [2.45, 2.75) is 64.9 Å². The Hall–Kier alpha value is -0.910. The van der Waals surface area contributed by atoms with E-state index in [-0.39, 0.29) is 6.54 Å². The van der Waals surface area contributed by atoms with Crippen LogP contribution in [0.2, 0.25) is 0 Å². The Morgan fingerprint density at radius 1 is 1.14 bits per heavy atom. The van der Waals surface area contributed by atoms with Crippen molar-refractivity contribution >= 4 is 10.0 Å². The number of aryl methyl sites for hydroxylation is 2. The van der Waals surface area contributed by atoms with Gasteiger partial charge in [-0.25, -0.2) is 13.1 Å². The molecule has 4 nitrogen and oxygen atoms in total. The van der Waals surface area contributed by atoms with Crippen LogP contribution in [0.4, 0.5) is 0 Å². The SMILES string of the molecule is CCCC(C)(O)CNS(=O)(=O)c1c(C)c(C)cc(C)c1C. The summed E-state index contributed by atoms with van der Waals surface area (Å²) in [5.74, 6) is 0. The minimum Gasteiger partial charge on any atom is -0.389 e. The van der Waals surface area contributed by atoms with Crippen molar-refractivity contribution in [3.05, 3.63) is 28.3 Å². The van der Waals surface area contributed by atoms with Crippen molar-refractivity contribution in [1.82, 2.24) is 4.72 Å². The third-order valence-corrected chi connectivity index (χ3v) is 5.67. The molecule has 0 aromatic heterocycles. The van der Waals surface area contributed by atoms with Crippen LogP contribution in [0.3, 0.4) is 0 Å². The quantitative estimate of drug-likeness (QED) is 0.848. The van der Waals surface area contributed by atoms with Gasteiger partial charge in [0.1, 0.15) is 0 Å². The number of rotatable bonds is 6. The molecule has 0 aliphatic heterocycles. The number of hydrogen-bond acceptors (Lipinski definition) is 3. The highest BCUT2D eigenvalue weighted by Crippen LogP contribution is 2.26. The van der Waals surface area contributed by atoms with E-state index in [1.54, 1.807) is 6.92 Å². The molecule has 5 heteroatoms. The first-order chi connectivity index (χ1) is 9.52. The summed E-state index contributed by atoms with van der Waals surface area (Å²) >= 11 is 0. The molecule has 120 valence electrons. The van der Waals surface area contributed by atoms with Crippen molar-refractivity contribution in [3.63, 3.8) is 0 Å². The number of benzene rings is 1. The zero-order valence-electron chi connectivity index (χ0n) is 13.9. The van der Waals surface area contributed by atoms with Gasteiger partial charge in [0.2, 0.25) is 10.0 Å². The fourth-order valence-corrected chi connectivity index (χ4v) is 4.31. The van der Waals surface area contributed by atoms with Gasteiger partial charge in [0.05, 0.1) is 10.5 Å². The Bertz CT molecular complexity index is 593. The Morgan fingerprint density at radius 3 is 2.05 bits per heavy atom. The molecule has 0 fully saturated rings. The molecule has 1 rings (SSSR count). The van der Waals surface area contributed by atoms with Crippen LogP contribution in [-0.2, 0) is 10.0 Å². The summed E-state index contributed by atoms with van der Waals surface area (Å²) in [5, 5.41) is 10.1. The molecule has 0 saturated carbocycles. The van der Waals surface area contributed by atoms with E-state index in [1.165, 1.54) is 0 Å². The lowest BCUT2D eigenvalue weighted by molar-refractivity contribution is 0.0554. The fraction of sp³-hybridized carbons (Fsp3) is 0.625. The second-order valence-electron chi connectivity index (χ2n) is 6.16. The summed E-state index contributed by atoms with van der Waals surface area (Å²) in [4.78, 5) is 0.340. The first-order valence-electron chi connectivity index (χ1n) is 7.31. The van der Waals surface area contributed by atoms with E-state index in [0.29, 0.717) is 11.3 Å². The van der Waals surface area contributed by atoms with E-state index in [9.17, 15) is 13.5 Å². The maximum absolute atomic E-state index is 12.6. The summed E-state index contributed by atoms with van der Waals surface area (Å²) < 4.78 is 27.8. The predicted molar refractivity (Wildman–Crippen MR) is 86.1 cm³/mol. The summed E-state index contributed by atoms with van der Waals surface area (Å²) in [7, 11) is -3.63. The second-order valence-corrected chi connectivity index (χ2v) is 7.86. The molecule has 0 amide bonds. The van der Waals surface area contributed by atoms with Crippen LogP contribution < -0.4 is 4.72 Å². The highest BCUT2D eigenvalue weighted by atomic mass is 32.2. The molecule has 1 atom stereocenters. The van der Waals surface area contributed by atoms with Gasteiger partial charge in [-0.15, -0.1) is 0 Å². The minimum atomic E-state index is -3.63. The third kappa shape index (κ3) is 4.28. The topological polar surface area (TPSA) is 66.4 Å². The number of nitrogens with one attached hydrogen (secondary N) is 1. The average molecular weight is 313 g/mol. The van der Waals surface area contributed by atoms with Crippen LogP contribution in [0.5, 0.6) is 0 Å². The van der Waals surface area contributed by atoms with Crippen LogP contribution in [0, 0.1) is 27.7 Å². The molecule has 0 aliphatic carbocycles. The smallest absolute Gasteiger partial charge is 0.241 e. The lowest BCUT2D eigenvalue weighted by Gasteiger charge is -2.24. The Labute approximate surface area is 128 Å². The summed E-state index contributed by atoms with van der Waals surface area (Å²) in [6.45, 7) is 11.1. The van der Waals surface area contributed by atoms with Gasteiger partial charge in [0, 0.05) is 6.54 Å². The van der Waals surface area contributed by atoms with Gasteiger partial charge >= 0.3 is 0 Å². The molecule has 0 radical (unpaired) electrons. The van der Waals surface area contributed by atoms with E-state index < -0.39 is 15.6 Å². The standard InChI is InChI=1S/C16H27NO3S/c1-7-8-16(6,18)10-17-21(19,20)15-13(4)11(2)9-12(3)14(15)5/h9,17-18H,7-8,10H2,1-6H3. The number of hydrogen-bond donors (Lipinski definition) is 2. The van der Waals surface area contributed by atoms with E-state index in [0.717, 1.165) is 28.7 Å². The van der Waals surface area contributed by atoms with Gasteiger partial charge in [-0.1, -0.05) is 19.4 Å². The van der Waals surface area contributed by atoms with Gasteiger partial charge in [0.15, 0.2) is 0 Å². The Kier molecular flexibility index (Phi) is 5.58. The van der Waals surface area contributed by atoms with E-state index in [2.05, 4.69) is 4.72 Å². The highest BCUT2D eigenvalue weighted by Gasteiger charge is 2.26. The molecule has 21 heavy (non-hydrogen) atoms. The van der Waals surface area contributed by atoms with Gasteiger partial charge in [0.25, 0.3) is 0 Å². The van der Waals surface area contributed by atoms with Crippen LogP contribution in [0.25, 0.3) is 0 Å². The van der Waals surface area contributed by atoms with Crippen molar-refractivity contribution < 1.29 is 13.5 Å². The second kappa shape index (κ2) is 6.46. The summed E-state index contributed by atoms with van der Waals surface area (Å²) in [5.41, 5.74) is 2.42. The molecule has 2 N–H and O–H groups in total. The highest BCUT2D eigenvalue weighted by molar-refractivity contribution is 7.89. The average Bonchev–Trinajstić information content (AvgIpc) is 2.34. The zero-order chi connectivity index (χ0) is 16.4. The molecular weight excluding hydrogens is 286 g/mol. The van der Waals surface area contributed by atoms with E-state index in [4.69, 9.17) is 0 Å². The van der Waals surface area contributed by atoms with E-state index in [1.807, 2.05) is 40.7 Å². The molecule has 1 aromatic rings. The largest absolute Gasteiger partial charge is 0.389 e.